The van der Waals surface area contributed by atoms with Crippen molar-refractivity contribution in [2.75, 3.05) is 60.7 Å². The summed E-state index contributed by atoms with van der Waals surface area (Å²) in [4.78, 5) is 6.77. The number of hydrogen-bond donors (Lipinski definition) is 1. The largest absolute Gasteiger partial charge is 0.497 e. The van der Waals surface area contributed by atoms with Crippen LogP contribution in [0.1, 0.15) is 18.4 Å². The quantitative estimate of drug-likeness (QED) is 0.392. The molecule has 0 spiro atoms. The van der Waals surface area contributed by atoms with Crippen LogP contribution in [-0.4, -0.2) is 71.6 Å². The highest BCUT2D eigenvalue weighted by atomic mass is 16.5. The molecule has 1 N–H and O–H groups in total. The Morgan fingerprint density at radius 3 is 2.96 bits per heavy atom. The third-order valence-corrected chi connectivity index (χ3v) is 4.64. The lowest BCUT2D eigenvalue weighted by Gasteiger charge is -2.21. The van der Waals surface area contributed by atoms with Crippen LogP contribution in [0.25, 0.3) is 0 Å². The fraction of sp³-hybridized carbons (Fsp3) is 0.650. The Labute approximate surface area is 157 Å². The zero-order chi connectivity index (χ0) is 18.6. The van der Waals surface area contributed by atoms with Gasteiger partial charge in [0, 0.05) is 39.7 Å². The van der Waals surface area contributed by atoms with Gasteiger partial charge in [0.25, 0.3) is 0 Å². The van der Waals surface area contributed by atoms with E-state index in [1.807, 2.05) is 19.2 Å². The van der Waals surface area contributed by atoms with Crippen LogP contribution in [0.3, 0.4) is 0 Å². The fourth-order valence-corrected chi connectivity index (χ4v) is 3.21. The van der Waals surface area contributed by atoms with E-state index in [1.54, 1.807) is 14.2 Å². The number of benzene rings is 1. The normalized spacial score (nSPS) is 17.6. The Balaban J connectivity index is 1.66. The first-order chi connectivity index (χ1) is 12.8. The first-order valence-electron chi connectivity index (χ1n) is 9.42. The Bertz CT molecular complexity index is 551. The molecule has 6 heteroatoms. The third-order valence-electron chi connectivity index (χ3n) is 4.64. The SMILES string of the molecule is CN=C(NCCCc1cccc(OC)c1)N1CCC(COCCOC)C1. The zero-order valence-corrected chi connectivity index (χ0v) is 16.4. The number of ether oxygens (including phenoxy) is 3. The van der Waals surface area contributed by atoms with Gasteiger partial charge in [0.2, 0.25) is 0 Å². The van der Waals surface area contributed by atoms with Crippen LogP contribution < -0.4 is 10.1 Å². The molecule has 1 saturated heterocycles. The molecular weight excluding hydrogens is 330 g/mol. The van der Waals surface area contributed by atoms with E-state index in [2.05, 4.69) is 27.3 Å². The highest BCUT2D eigenvalue weighted by Crippen LogP contribution is 2.17. The number of nitrogens with zero attached hydrogens (tertiary/aromatic N) is 2. The number of guanidine groups is 1. The molecule has 1 unspecified atom stereocenters. The van der Waals surface area contributed by atoms with Crippen LogP contribution in [-0.2, 0) is 15.9 Å². The lowest BCUT2D eigenvalue weighted by molar-refractivity contribution is 0.0536. The molecule has 6 nitrogen and oxygen atoms in total. The molecule has 2 rings (SSSR count). The average Bonchev–Trinajstić information content (AvgIpc) is 3.14. The predicted octanol–water partition coefficient (Wildman–Crippen LogP) is 2.19. The molecule has 0 aromatic heterocycles. The summed E-state index contributed by atoms with van der Waals surface area (Å²) in [6.45, 7) is 5.08. The molecule has 1 aromatic rings. The van der Waals surface area contributed by atoms with Crippen molar-refractivity contribution in [3.05, 3.63) is 29.8 Å². The van der Waals surface area contributed by atoms with Crippen LogP contribution in [0, 0.1) is 5.92 Å². The Morgan fingerprint density at radius 2 is 2.19 bits per heavy atom. The molecule has 0 radical (unpaired) electrons. The van der Waals surface area contributed by atoms with Gasteiger partial charge in [-0.1, -0.05) is 12.1 Å². The molecular formula is C20H33N3O3. The van der Waals surface area contributed by atoms with Gasteiger partial charge in [-0.2, -0.15) is 0 Å². The van der Waals surface area contributed by atoms with Crippen LogP contribution >= 0.6 is 0 Å². The molecule has 146 valence electrons. The maximum Gasteiger partial charge on any atom is 0.193 e. The average molecular weight is 364 g/mol. The van der Waals surface area contributed by atoms with Gasteiger partial charge in [0.15, 0.2) is 5.96 Å². The second-order valence-corrected chi connectivity index (χ2v) is 6.60. The van der Waals surface area contributed by atoms with E-state index in [4.69, 9.17) is 14.2 Å². The van der Waals surface area contributed by atoms with Crippen molar-refractivity contribution in [2.24, 2.45) is 10.9 Å². The maximum atomic E-state index is 5.66. The Hall–Kier alpha value is -1.79. The number of likely N-dealkylation sites (tertiary alicyclic amines) is 1. The van der Waals surface area contributed by atoms with Crippen LogP contribution in [0.4, 0.5) is 0 Å². The van der Waals surface area contributed by atoms with Crippen molar-refractivity contribution in [3.8, 4) is 5.75 Å². The number of methoxy groups -OCH3 is 2. The minimum atomic E-state index is 0.571. The van der Waals surface area contributed by atoms with Crippen molar-refractivity contribution in [1.82, 2.24) is 10.2 Å². The summed E-state index contributed by atoms with van der Waals surface area (Å²) in [5.74, 6) is 2.49. The smallest absolute Gasteiger partial charge is 0.193 e. The number of aliphatic imine (C=N–C) groups is 1. The second kappa shape index (κ2) is 11.8. The van der Waals surface area contributed by atoms with Crippen molar-refractivity contribution >= 4 is 5.96 Å². The predicted molar refractivity (Wildman–Crippen MR) is 105 cm³/mol. The topological polar surface area (TPSA) is 55.3 Å². The highest BCUT2D eigenvalue weighted by Gasteiger charge is 2.24. The highest BCUT2D eigenvalue weighted by molar-refractivity contribution is 5.80. The van der Waals surface area contributed by atoms with Crippen molar-refractivity contribution in [1.29, 1.82) is 0 Å². The van der Waals surface area contributed by atoms with E-state index in [-0.39, 0.29) is 0 Å². The lowest BCUT2D eigenvalue weighted by atomic mass is 10.1. The van der Waals surface area contributed by atoms with E-state index >= 15 is 0 Å². The molecule has 0 amide bonds. The molecule has 1 heterocycles. The summed E-state index contributed by atoms with van der Waals surface area (Å²) in [6.07, 6.45) is 3.23. The summed E-state index contributed by atoms with van der Waals surface area (Å²) in [7, 11) is 5.26. The number of nitrogens with one attached hydrogen (secondary N) is 1. The van der Waals surface area contributed by atoms with Gasteiger partial charge in [-0.05, 0) is 37.0 Å². The van der Waals surface area contributed by atoms with Crippen molar-refractivity contribution in [3.63, 3.8) is 0 Å². The van der Waals surface area contributed by atoms with Gasteiger partial charge >= 0.3 is 0 Å². The zero-order valence-electron chi connectivity index (χ0n) is 16.4. The van der Waals surface area contributed by atoms with Gasteiger partial charge in [-0.25, -0.2) is 0 Å². The summed E-state index contributed by atoms with van der Waals surface area (Å²) >= 11 is 0. The molecule has 1 aromatic carbocycles. The first kappa shape index (κ1) is 20.5. The molecule has 26 heavy (non-hydrogen) atoms. The first-order valence-corrected chi connectivity index (χ1v) is 9.42. The van der Waals surface area contributed by atoms with Gasteiger partial charge in [-0.3, -0.25) is 4.99 Å². The van der Waals surface area contributed by atoms with Crippen LogP contribution in [0.15, 0.2) is 29.3 Å². The van der Waals surface area contributed by atoms with E-state index < -0.39 is 0 Å². The summed E-state index contributed by atoms with van der Waals surface area (Å²) in [5, 5.41) is 3.49. The van der Waals surface area contributed by atoms with E-state index in [9.17, 15) is 0 Å². The molecule has 1 aliphatic rings. The molecule has 0 aliphatic carbocycles. The third kappa shape index (κ3) is 6.84. The molecule has 1 aliphatic heterocycles. The standard InChI is InChI=1S/C20H33N3O3/c1-21-20(23-11-9-18(15-23)16-26-13-12-24-2)22-10-5-7-17-6-4-8-19(14-17)25-3/h4,6,8,14,18H,5,7,9-13,15-16H2,1-3H3,(H,21,22). The number of hydrogen-bond acceptors (Lipinski definition) is 4. The van der Waals surface area contributed by atoms with E-state index in [0.717, 1.165) is 57.2 Å². The number of aryl methyl sites for hydroxylation is 1. The molecule has 1 fully saturated rings. The second-order valence-electron chi connectivity index (χ2n) is 6.60. The van der Waals surface area contributed by atoms with Gasteiger partial charge < -0.3 is 24.4 Å². The van der Waals surface area contributed by atoms with Gasteiger partial charge in [0.1, 0.15) is 5.75 Å². The fourth-order valence-electron chi connectivity index (χ4n) is 3.21. The van der Waals surface area contributed by atoms with Gasteiger partial charge in [0.05, 0.1) is 26.9 Å². The minimum Gasteiger partial charge on any atom is -0.497 e. The van der Waals surface area contributed by atoms with E-state index in [0.29, 0.717) is 19.1 Å². The van der Waals surface area contributed by atoms with Crippen molar-refractivity contribution < 1.29 is 14.2 Å². The summed E-state index contributed by atoms with van der Waals surface area (Å²) in [6, 6.07) is 8.27. The van der Waals surface area contributed by atoms with Crippen molar-refractivity contribution in [2.45, 2.75) is 19.3 Å². The Morgan fingerprint density at radius 1 is 1.31 bits per heavy atom. The number of rotatable bonds is 10. The van der Waals surface area contributed by atoms with Crippen LogP contribution in [0.5, 0.6) is 5.75 Å². The summed E-state index contributed by atoms with van der Waals surface area (Å²) < 4.78 is 16.0. The molecule has 0 saturated carbocycles. The molecule has 1 atom stereocenters. The Kier molecular flexibility index (Phi) is 9.28. The van der Waals surface area contributed by atoms with Crippen LogP contribution in [0.2, 0.25) is 0 Å². The van der Waals surface area contributed by atoms with Gasteiger partial charge in [-0.15, -0.1) is 0 Å². The monoisotopic (exact) mass is 363 g/mol. The lowest BCUT2D eigenvalue weighted by Crippen LogP contribution is -2.40. The maximum absolute atomic E-state index is 5.66. The minimum absolute atomic E-state index is 0.571. The van der Waals surface area contributed by atoms with E-state index in [1.165, 1.54) is 5.56 Å². The summed E-state index contributed by atoms with van der Waals surface area (Å²) in [5.41, 5.74) is 1.30. The molecule has 0 bridgehead atoms.